The van der Waals surface area contributed by atoms with Gasteiger partial charge in [-0.3, -0.25) is 0 Å². The fourth-order valence-corrected chi connectivity index (χ4v) is 4.42. The van der Waals surface area contributed by atoms with Crippen LogP contribution in [0.15, 0.2) is 18.2 Å². The first kappa shape index (κ1) is 14.2. The first-order valence-corrected chi connectivity index (χ1v) is 7.90. The fourth-order valence-electron chi connectivity index (χ4n) is 3.10. The van der Waals surface area contributed by atoms with Gasteiger partial charge in [0.15, 0.2) is 0 Å². The zero-order valence-electron chi connectivity index (χ0n) is 11.0. The van der Waals surface area contributed by atoms with Crippen LogP contribution in [0, 0.1) is 5.41 Å². The number of halogens is 2. The molecule has 0 heterocycles. The zero-order chi connectivity index (χ0) is 13.2. The molecule has 2 rings (SSSR count). The van der Waals surface area contributed by atoms with E-state index >= 15 is 0 Å². The van der Waals surface area contributed by atoms with E-state index in [9.17, 15) is 0 Å². The summed E-state index contributed by atoms with van der Waals surface area (Å²) in [5.74, 6) is 0.931. The largest absolute Gasteiger partial charge is 0.496 e. The van der Waals surface area contributed by atoms with Crippen molar-refractivity contribution in [3.8, 4) is 5.75 Å². The van der Waals surface area contributed by atoms with Crippen LogP contribution in [-0.4, -0.2) is 7.11 Å². The lowest BCUT2D eigenvalue weighted by Crippen LogP contribution is -2.21. The van der Waals surface area contributed by atoms with Crippen molar-refractivity contribution in [3.05, 3.63) is 28.8 Å². The number of alkyl halides is 1. The molecule has 18 heavy (non-hydrogen) atoms. The molecule has 0 spiro atoms. The lowest BCUT2D eigenvalue weighted by Gasteiger charge is -2.34. The molecule has 1 nitrogen and oxygen atoms in total. The Balaban J connectivity index is 2.37. The van der Waals surface area contributed by atoms with E-state index in [1.807, 2.05) is 18.2 Å². The molecule has 0 bridgehead atoms. The van der Waals surface area contributed by atoms with Crippen molar-refractivity contribution in [1.29, 1.82) is 0 Å². The summed E-state index contributed by atoms with van der Waals surface area (Å²) in [4.78, 5) is 0.325. The highest BCUT2D eigenvalue weighted by molar-refractivity contribution is 9.09. The van der Waals surface area contributed by atoms with Gasteiger partial charge in [-0.1, -0.05) is 47.3 Å². The lowest BCUT2D eigenvalue weighted by molar-refractivity contribution is 0.274. The average molecular weight is 332 g/mol. The molecular formula is C15H20BrClO. The van der Waals surface area contributed by atoms with E-state index in [0.717, 1.165) is 10.8 Å². The quantitative estimate of drug-likeness (QED) is 0.638. The molecular weight excluding hydrogens is 312 g/mol. The summed E-state index contributed by atoms with van der Waals surface area (Å²) < 4.78 is 5.48. The van der Waals surface area contributed by atoms with Gasteiger partial charge in [0.1, 0.15) is 5.75 Å². The van der Waals surface area contributed by atoms with Crippen LogP contribution in [0.4, 0.5) is 0 Å². The summed E-state index contributed by atoms with van der Waals surface area (Å²) in [6.45, 7) is 2.29. The van der Waals surface area contributed by atoms with E-state index in [1.165, 1.54) is 37.7 Å². The molecule has 0 saturated heterocycles. The van der Waals surface area contributed by atoms with Crippen molar-refractivity contribution in [1.82, 2.24) is 0 Å². The second kappa shape index (κ2) is 5.83. The smallest absolute Gasteiger partial charge is 0.123 e. The van der Waals surface area contributed by atoms with Gasteiger partial charge in [0.05, 0.1) is 7.11 Å². The van der Waals surface area contributed by atoms with Crippen molar-refractivity contribution >= 4 is 27.5 Å². The average Bonchev–Trinajstić information content (AvgIpc) is 2.87. The SMILES string of the molecule is CCC1(C(Br)c2cc(Cl)ccc2OC)CCCC1. The van der Waals surface area contributed by atoms with Gasteiger partial charge in [0, 0.05) is 15.4 Å². The maximum atomic E-state index is 6.14. The van der Waals surface area contributed by atoms with E-state index in [0.29, 0.717) is 10.2 Å². The van der Waals surface area contributed by atoms with Crippen LogP contribution >= 0.6 is 27.5 Å². The van der Waals surface area contributed by atoms with Gasteiger partial charge >= 0.3 is 0 Å². The number of hydrogen-bond acceptors (Lipinski definition) is 1. The minimum absolute atomic E-state index is 0.325. The summed E-state index contributed by atoms with van der Waals surface area (Å²) in [7, 11) is 1.72. The molecule has 100 valence electrons. The van der Waals surface area contributed by atoms with E-state index in [2.05, 4.69) is 22.9 Å². The molecule has 1 fully saturated rings. The number of rotatable bonds is 4. The van der Waals surface area contributed by atoms with Crippen LogP contribution in [0.25, 0.3) is 0 Å². The van der Waals surface area contributed by atoms with Gasteiger partial charge in [0.2, 0.25) is 0 Å². The molecule has 1 atom stereocenters. The Morgan fingerprint density at radius 3 is 2.61 bits per heavy atom. The summed E-state index contributed by atoms with van der Waals surface area (Å²) in [5, 5.41) is 0.777. The van der Waals surface area contributed by atoms with Crippen molar-refractivity contribution in [2.24, 2.45) is 5.41 Å². The predicted octanol–water partition coefficient (Wildman–Crippen LogP) is 5.76. The van der Waals surface area contributed by atoms with Crippen LogP contribution in [0.2, 0.25) is 5.02 Å². The molecule has 3 heteroatoms. The molecule has 1 aromatic carbocycles. The van der Waals surface area contributed by atoms with E-state index in [4.69, 9.17) is 16.3 Å². The van der Waals surface area contributed by atoms with E-state index < -0.39 is 0 Å². The molecule has 0 aliphatic heterocycles. The van der Waals surface area contributed by atoms with Gasteiger partial charge in [-0.05, 0) is 42.9 Å². The number of hydrogen-bond donors (Lipinski definition) is 0. The van der Waals surface area contributed by atoms with Gasteiger partial charge < -0.3 is 4.74 Å². The minimum atomic E-state index is 0.325. The first-order chi connectivity index (χ1) is 8.63. The Labute approximate surface area is 123 Å². The number of benzene rings is 1. The third-order valence-corrected chi connectivity index (χ3v) is 6.01. The van der Waals surface area contributed by atoms with Gasteiger partial charge in [-0.25, -0.2) is 0 Å². The van der Waals surface area contributed by atoms with Gasteiger partial charge in [-0.2, -0.15) is 0 Å². The van der Waals surface area contributed by atoms with Crippen LogP contribution < -0.4 is 4.74 Å². The monoisotopic (exact) mass is 330 g/mol. The van der Waals surface area contributed by atoms with E-state index in [-0.39, 0.29) is 0 Å². The standard InChI is InChI=1S/C15H20BrClO/c1-3-15(8-4-5-9-15)14(16)12-10-11(17)6-7-13(12)18-2/h6-7,10,14H,3-5,8-9H2,1-2H3. The summed E-state index contributed by atoms with van der Waals surface area (Å²) in [6, 6.07) is 5.89. The Kier molecular flexibility index (Phi) is 4.60. The topological polar surface area (TPSA) is 9.23 Å². The molecule has 1 aromatic rings. The first-order valence-electron chi connectivity index (χ1n) is 6.60. The molecule has 0 N–H and O–H groups in total. The van der Waals surface area contributed by atoms with Crippen LogP contribution in [0.1, 0.15) is 49.4 Å². The molecule has 1 aliphatic rings. The van der Waals surface area contributed by atoms with Crippen LogP contribution in [0.5, 0.6) is 5.75 Å². The Morgan fingerprint density at radius 2 is 2.06 bits per heavy atom. The predicted molar refractivity (Wildman–Crippen MR) is 80.9 cm³/mol. The van der Waals surface area contributed by atoms with Crippen LogP contribution in [-0.2, 0) is 0 Å². The minimum Gasteiger partial charge on any atom is -0.496 e. The zero-order valence-corrected chi connectivity index (χ0v) is 13.4. The molecule has 0 amide bonds. The van der Waals surface area contributed by atoms with Crippen molar-refractivity contribution in [2.45, 2.75) is 43.9 Å². The normalized spacial score (nSPS) is 19.8. The third kappa shape index (κ3) is 2.55. The molecule has 1 unspecified atom stereocenters. The Morgan fingerprint density at radius 1 is 1.39 bits per heavy atom. The number of ether oxygens (including phenoxy) is 1. The van der Waals surface area contributed by atoms with Crippen molar-refractivity contribution < 1.29 is 4.74 Å². The van der Waals surface area contributed by atoms with E-state index in [1.54, 1.807) is 7.11 Å². The van der Waals surface area contributed by atoms with Crippen LogP contribution in [0.3, 0.4) is 0 Å². The maximum Gasteiger partial charge on any atom is 0.123 e. The fraction of sp³-hybridized carbons (Fsp3) is 0.600. The second-order valence-corrected chi connectivity index (χ2v) is 6.52. The molecule has 0 radical (unpaired) electrons. The van der Waals surface area contributed by atoms with Crippen molar-refractivity contribution in [2.75, 3.05) is 7.11 Å². The van der Waals surface area contributed by atoms with Crippen molar-refractivity contribution in [3.63, 3.8) is 0 Å². The molecule has 1 saturated carbocycles. The van der Waals surface area contributed by atoms with Gasteiger partial charge in [0.25, 0.3) is 0 Å². The second-order valence-electron chi connectivity index (χ2n) is 5.17. The summed E-state index contributed by atoms with van der Waals surface area (Å²) in [6.07, 6.45) is 6.43. The molecule has 1 aliphatic carbocycles. The summed E-state index contributed by atoms with van der Waals surface area (Å²) >= 11 is 10.1. The Bertz CT molecular complexity index is 413. The number of methoxy groups -OCH3 is 1. The highest BCUT2D eigenvalue weighted by Crippen LogP contribution is 2.55. The Hall–Kier alpha value is -0.210. The highest BCUT2D eigenvalue weighted by atomic mass is 79.9. The summed E-state index contributed by atoms with van der Waals surface area (Å²) in [5.41, 5.74) is 1.55. The highest BCUT2D eigenvalue weighted by Gasteiger charge is 2.40. The maximum absolute atomic E-state index is 6.14. The molecule has 0 aromatic heterocycles. The van der Waals surface area contributed by atoms with Gasteiger partial charge in [-0.15, -0.1) is 0 Å². The third-order valence-electron chi connectivity index (χ3n) is 4.31. The lowest BCUT2D eigenvalue weighted by atomic mass is 9.77.